The molecule has 2 N–H and O–H groups in total. The molecule has 0 aliphatic carbocycles. The van der Waals surface area contributed by atoms with Crippen LogP contribution < -0.4 is 5.32 Å². The number of amides is 1. The Hall–Kier alpha value is -1.50. The molecular formula is C14H12ClNO3S2. The maximum absolute atomic E-state index is 11.8. The van der Waals surface area contributed by atoms with E-state index >= 15 is 0 Å². The minimum Gasteiger partial charge on any atom is -0.477 e. The summed E-state index contributed by atoms with van der Waals surface area (Å²) in [6, 6.07) is 8.99. The molecule has 1 aromatic carbocycles. The summed E-state index contributed by atoms with van der Waals surface area (Å²) < 4.78 is 0. The van der Waals surface area contributed by atoms with Crippen molar-refractivity contribution in [1.82, 2.24) is 0 Å². The van der Waals surface area contributed by atoms with E-state index in [1.54, 1.807) is 35.3 Å². The summed E-state index contributed by atoms with van der Waals surface area (Å²) in [5.41, 5.74) is 0.356. The SMILES string of the molecule is O=C(CCSc1ccc(Cl)cc1)Nc1ccsc1C(=O)O. The van der Waals surface area contributed by atoms with E-state index in [1.165, 1.54) is 0 Å². The maximum atomic E-state index is 11.8. The molecule has 1 heterocycles. The molecule has 2 rings (SSSR count). The Bertz CT molecular complexity index is 640. The van der Waals surface area contributed by atoms with Gasteiger partial charge in [-0.1, -0.05) is 11.6 Å². The summed E-state index contributed by atoms with van der Waals surface area (Å²) in [4.78, 5) is 23.9. The van der Waals surface area contributed by atoms with Crippen molar-refractivity contribution in [3.63, 3.8) is 0 Å². The normalized spacial score (nSPS) is 10.3. The highest BCUT2D eigenvalue weighted by Gasteiger charge is 2.13. The lowest BCUT2D eigenvalue weighted by atomic mass is 10.3. The van der Waals surface area contributed by atoms with Gasteiger partial charge in [-0.15, -0.1) is 23.1 Å². The van der Waals surface area contributed by atoms with Crippen LogP contribution in [0.15, 0.2) is 40.6 Å². The summed E-state index contributed by atoms with van der Waals surface area (Å²) in [7, 11) is 0. The molecule has 4 nitrogen and oxygen atoms in total. The Morgan fingerprint density at radius 1 is 1.24 bits per heavy atom. The smallest absolute Gasteiger partial charge is 0.348 e. The largest absolute Gasteiger partial charge is 0.477 e. The Labute approximate surface area is 135 Å². The Morgan fingerprint density at radius 3 is 2.62 bits per heavy atom. The van der Waals surface area contributed by atoms with Gasteiger partial charge in [0.25, 0.3) is 0 Å². The number of thiophene rings is 1. The monoisotopic (exact) mass is 341 g/mol. The number of carboxylic acid groups (broad SMARTS) is 1. The van der Waals surface area contributed by atoms with E-state index in [1.807, 2.05) is 12.1 Å². The highest BCUT2D eigenvalue weighted by Crippen LogP contribution is 2.23. The number of rotatable bonds is 6. The van der Waals surface area contributed by atoms with Crippen LogP contribution >= 0.6 is 34.7 Å². The number of hydrogen-bond acceptors (Lipinski definition) is 4. The summed E-state index contributed by atoms with van der Waals surface area (Å²) in [5.74, 6) is -0.617. The zero-order valence-corrected chi connectivity index (χ0v) is 13.2. The molecule has 0 saturated heterocycles. The van der Waals surface area contributed by atoms with Gasteiger partial charge in [-0.25, -0.2) is 4.79 Å². The fourth-order valence-electron chi connectivity index (χ4n) is 1.58. The molecule has 110 valence electrons. The lowest BCUT2D eigenvalue weighted by molar-refractivity contribution is -0.115. The zero-order valence-electron chi connectivity index (χ0n) is 10.8. The van der Waals surface area contributed by atoms with Crippen LogP contribution in [0.4, 0.5) is 5.69 Å². The van der Waals surface area contributed by atoms with E-state index in [0.29, 0.717) is 22.9 Å². The molecule has 0 radical (unpaired) electrons. The van der Waals surface area contributed by atoms with Crippen LogP contribution in [0.3, 0.4) is 0 Å². The van der Waals surface area contributed by atoms with Gasteiger partial charge in [0.2, 0.25) is 5.91 Å². The first-order valence-electron chi connectivity index (χ1n) is 6.05. The molecule has 0 fully saturated rings. The third kappa shape index (κ3) is 4.77. The van der Waals surface area contributed by atoms with Gasteiger partial charge < -0.3 is 10.4 Å². The molecule has 2 aromatic rings. The predicted octanol–water partition coefficient (Wildman–Crippen LogP) is 4.22. The fraction of sp³-hybridized carbons (Fsp3) is 0.143. The first-order chi connectivity index (χ1) is 10.1. The average molecular weight is 342 g/mol. The van der Waals surface area contributed by atoms with Gasteiger partial charge in [-0.2, -0.15) is 0 Å². The lowest BCUT2D eigenvalue weighted by Gasteiger charge is -2.05. The molecular weight excluding hydrogens is 330 g/mol. The first-order valence-corrected chi connectivity index (χ1v) is 8.29. The second kappa shape index (κ2) is 7.49. The molecule has 0 aliphatic heterocycles. The molecule has 1 amide bonds. The molecule has 21 heavy (non-hydrogen) atoms. The molecule has 1 aromatic heterocycles. The Kier molecular flexibility index (Phi) is 5.67. The van der Waals surface area contributed by atoms with Crippen LogP contribution in [0, 0.1) is 0 Å². The molecule has 0 spiro atoms. The van der Waals surface area contributed by atoms with E-state index in [0.717, 1.165) is 16.2 Å². The van der Waals surface area contributed by atoms with Gasteiger partial charge in [0.05, 0.1) is 5.69 Å². The van der Waals surface area contributed by atoms with Gasteiger partial charge >= 0.3 is 5.97 Å². The number of thioether (sulfide) groups is 1. The molecule has 0 atom stereocenters. The summed E-state index contributed by atoms with van der Waals surface area (Å²) in [6.45, 7) is 0. The van der Waals surface area contributed by atoms with E-state index in [-0.39, 0.29) is 10.8 Å². The Morgan fingerprint density at radius 2 is 1.95 bits per heavy atom. The van der Waals surface area contributed by atoms with Crippen LogP contribution in [0.1, 0.15) is 16.1 Å². The topological polar surface area (TPSA) is 66.4 Å². The quantitative estimate of drug-likeness (QED) is 0.772. The molecule has 7 heteroatoms. The second-order valence-electron chi connectivity index (χ2n) is 4.07. The minimum atomic E-state index is -1.03. The zero-order chi connectivity index (χ0) is 15.2. The number of carbonyl (C=O) groups is 2. The maximum Gasteiger partial charge on any atom is 0.348 e. The third-order valence-corrected chi connectivity index (χ3v) is 4.71. The number of halogens is 1. The number of carbonyl (C=O) groups excluding carboxylic acids is 1. The Balaban J connectivity index is 1.81. The minimum absolute atomic E-state index is 0.147. The van der Waals surface area contributed by atoms with Crippen molar-refractivity contribution in [3.8, 4) is 0 Å². The fourth-order valence-corrected chi connectivity index (χ4v) is 3.24. The van der Waals surface area contributed by atoms with Crippen molar-refractivity contribution < 1.29 is 14.7 Å². The number of aromatic carboxylic acids is 1. The van der Waals surface area contributed by atoms with Gasteiger partial charge in [0.1, 0.15) is 4.88 Å². The van der Waals surface area contributed by atoms with Gasteiger partial charge in [-0.05, 0) is 35.7 Å². The van der Waals surface area contributed by atoms with Gasteiger partial charge in [0.15, 0.2) is 0 Å². The predicted molar refractivity (Wildman–Crippen MR) is 86.7 cm³/mol. The van der Waals surface area contributed by atoms with Crippen molar-refractivity contribution in [2.45, 2.75) is 11.3 Å². The van der Waals surface area contributed by atoms with Crippen LogP contribution in [-0.4, -0.2) is 22.7 Å². The van der Waals surface area contributed by atoms with E-state index in [9.17, 15) is 9.59 Å². The van der Waals surface area contributed by atoms with Crippen LogP contribution in [0.5, 0.6) is 0 Å². The number of benzene rings is 1. The van der Waals surface area contributed by atoms with Crippen LogP contribution in [-0.2, 0) is 4.79 Å². The molecule has 0 saturated carbocycles. The van der Waals surface area contributed by atoms with Crippen molar-refractivity contribution in [1.29, 1.82) is 0 Å². The number of anilines is 1. The number of hydrogen-bond donors (Lipinski definition) is 2. The van der Waals surface area contributed by atoms with E-state index < -0.39 is 5.97 Å². The van der Waals surface area contributed by atoms with Gasteiger partial charge in [-0.3, -0.25) is 4.79 Å². The average Bonchev–Trinajstić information content (AvgIpc) is 2.89. The summed E-state index contributed by atoms with van der Waals surface area (Å²) in [5, 5.41) is 13.9. The highest BCUT2D eigenvalue weighted by molar-refractivity contribution is 7.99. The third-order valence-electron chi connectivity index (χ3n) is 2.55. The van der Waals surface area contributed by atoms with Gasteiger partial charge in [0, 0.05) is 22.1 Å². The highest BCUT2D eigenvalue weighted by atomic mass is 35.5. The molecule has 0 unspecified atom stereocenters. The molecule has 0 bridgehead atoms. The number of nitrogens with one attached hydrogen (secondary N) is 1. The summed E-state index contributed by atoms with van der Waals surface area (Å²) >= 11 is 8.43. The van der Waals surface area contributed by atoms with Crippen molar-refractivity contribution in [2.24, 2.45) is 0 Å². The van der Waals surface area contributed by atoms with Crippen LogP contribution in [0.2, 0.25) is 5.02 Å². The van der Waals surface area contributed by atoms with E-state index in [4.69, 9.17) is 16.7 Å². The first kappa shape index (κ1) is 15.9. The summed E-state index contributed by atoms with van der Waals surface area (Å²) in [6.07, 6.45) is 0.308. The van der Waals surface area contributed by atoms with E-state index in [2.05, 4.69) is 5.32 Å². The van der Waals surface area contributed by atoms with Crippen molar-refractivity contribution in [3.05, 3.63) is 45.6 Å². The van der Waals surface area contributed by atoms with Crippen molar-refractivity contribution >= 4 is 52.3 Å². The molecule has 0 aliphatic rings. The second-order valence-corrected chi connectivity index (χ2v) is 6.59. The van der Waals surface area contributed by atoms with Crippen molar-refractivity contribution in [2.75, 3.05) is 11.1 Å². The standard InChI is InChI=1S/C14H12ClNO3S2/c15-9-1-3-10(4-2-9)20-8-6-12(17)16-11-5-7-21-13(11)14(18)19/h1-5,7H,6,8H2,(H,16,17)(H,18,19). The van der Waals surface area contributed by atoms with Crippen LogP contribution in [0.25, 0.3) is 0 Å². The number of carboxylic acids is 1. The lowest BCUT2D eigenvalue weighted by Crippen LogP contribution is -2.13.